The van der Waals surface area contributed by atoms with Crippen LogP contribution in [0.4, 0.5) is 0 Å². The fourth-order valence-corrected chi connectivity index (χ4v) is 5.15. The summed E-state index contributed by atoms with van der Waals surface area (Å²) in [6.07, 6.45) is 1.11. The molecule has 0 bridgehead atoms. The Bertz CT molecular complexity index is 625. The quantitative estimate of drug-likeness (QED) is 0.676. The van der Waals surface area contributed by atoms with E-state index >= 15 is 0 Å². The Morgan fingerprint density at radius 2 is 1.83 bits per heavy atom. The van der Waals surface area contributed by atoms with E-state index in [9.17, 15) is 0 Å². The summed E-state index contributed by atoms with van der Waals surface area (Å²) in [7, 11) is 0. The van der Waals surface area contributed by atoms with Crippen molar-refractivity contribution >= 4 is 44.9 Å². The molecular formula is C15H13NSSe. The fraction of sp³-hybridized carbons (Fsp3) is 0.133. The van der Waals surface area contributed by atoms with E-state index in [0.29, 0.717) is 15.0 Å². The van der Waals surface area contributed by atoms with Gasteiger partial charge < -0.3 is 0 Å². The van der Waals surface area contributed by atoms with E-state index in [1.165, 1.54) is 18.6 Å². The number of para-hydroxylation sites is 1. The molecule has 0 N–H and O–H groups in total. The van der Waals surface area contributed by atoms with Gasteiger partial charge >= 0.3 is 117 Å². The van der Waals surface area contributed by atoms with Crippen LogP contribution in [0.2, 0.25) is 0 Å². The molecular weight excluding hydrogens is 305 g/mol. The molecule has 0 saturated heterocycles. The number of rotatable bonds is 3. The molecule has 2 aromatic carbocycles. The van der Waals surface area contributed by atoms with Gasteiger partial charge in [0.2, 0.25) is 0 Å². The third kappa shape index (κ3) is 2.49. The SMILES string of the molecule is CCc1ccc([Se]c2nc3ccccc3s2)cc1. The first kappa shape index (κ1) is 11.9. The molecule has 1 aromatic heterocycles. The van der Waals surface area contributed by atoms with Crippen LogP contribution in [0.15, 0.2) is 48.5 Å². The van der Waals surface area contributed by atoms with Crippen LogP contribution >= 0.6 is 11.3 Å². The molecule has 0 unspecified atom stereocenters. The van der Waals surface area contributed by atoms with Gasteiger partial charge in [0.1, 0.15) is 0 Å². The van der Waals surface area contributed by atoms with Gasteiger partial charge in [0.25, 0.3) is 0 Å². The van der Waals surface area contributed by atoms with Crippen molar-refractivity contribution < 1.29 is 0 Å². The molecule has 0 atom stereocenters. The van der Waals surface area contributed by atoms with Crippen molar-refractivity contribution in [1.29, 1.82) is 0 Å². The van der Waals surface area contributed by atoms with Gasteiger partial charge in [0.15, 0.2) is 0 Å². The molecule has 0 aliphatic heterocycles. The van der Waals surface area contributed by atoms with Crippen molar-refractivity contribution in [3.63, 3.8) is 0 Å². The normalized spacial score (nSPS) is 10.9. The summed E-state index contributed by atoms with van der Waals surface area (Å²) < 4.78 is 3.95. The zero-order chi connectivity index (χ0) is 12.4. The molecule has 3 aromatic rings. The molecule has 0 spiro atoms. The summed E-state index contributed by atoms with van der Waals surface area (Å²) >= 11 is 2.15. The molecule has 0 saturated carbocycles. The molecule has 90 valence electrons. The van der Waals surface area contributed by atoms with Crippen molar-refractivity contribution in [3.05, 3.63) is 54.1 Å². The first-order chi connectivity index (χ1) is 8.85. The van der Waals surface area contributed by atoms with Crippen molar-refractivity contribution in [2.75, 3.05) is 0 Å². The Kier molecular flexibility index (Phi) is 3.46. The fourth-order valence-electron chi connectivity index (χ4n) is 1.79. The van der Waals surface area contributed by atoms with Gasteiger partial charge in [-0.2, -0.15) is 0 Å². The summed E-state index contributed by atoms with van der Waals surface area (Å²) in [6, 6.07) is 17.3. The number of hydrogen-bond acceptors (Lipinski definition) is 2. The zero-order valence-corrected chi connectivity index (χ0v) is 12.6. The molecule has 0 aliphatic rings. The first-order valence-electron chi connectivity index (χ1n) is 5.97. The average molecular weight is 318 g/mol. The second-order valence-electron chi connectivity index (χ2n) is 4.05. The van der Waals surface area contributed by atoms with Crippen LogP contribution in [-0.4, -0.2) is 19.9 Å². The van der Waals surface area contributed by atoms with Gasteiger partial charge in [-0.3, -0.25) is 0 Å². The van der Waals surface area contributed by atoms with E-state index in [1.807, 2.05) is 11.3 Å². The number of thiazole rings is 1. The predicted octanol–water partition coefficient (Wildman–Crippen LogP) is 2.51. The minimum absolute atomic E-state index is 0.329. The van der Waals surface area contributed by atoms with Gasteiger partial charge in [-0.1, -0.05) is 0 Å². The van der Waals surface area contributed by atoms with E-state index in [-0.39, 0.29) is 0 Å². The Labute approximate surface area is 117 Å². The number of nitrogens with zero attached hydrogens (tertiary/aromatic N) is 1. The minimum atomic E-state index is 0.329. The third-order valence-electron chi connectivity index (χ3n) is 2.81. The van der Waals surface area contributed by atoms with Crippen LogP contribution in [0.1, 0.15) is 12.5 Å². The molecule has 0 aliphatic carbocycles. The summed E-state index contributed by atoms with van der Waals surface area (Å²) in [5.41, 5.74) is 2.53. The molecule has 0 fully saturated rings. The number of fused-ring (bicyclic) bond motifs is 1. The van der Waals surface area contributed by atoms with Crippen LogP contribution in [0, 0.1) is 0 Å². The standard InChI is InChI=1S/C15H13NSSe/c1-2-11-7-9-12(10-8-11)18-15-16-13-5-3-4-6-14(13)17-15/h3-10H,2H2,1H3. The van der Waals surface area contributed by atoms with Crippen LogP contribution < -0.4 is 8.37 Å². The van der Waals surface area contributed by atoms with Crippen LogP contribution in [0.5, 0.6) is 0 Å². The topological polar surface area (TPSA) is 12.9 Å². The van der Waals surface area contributed by atoms with E-state index in [0.717, 1.165) is 11.9 Å². The van der Waals surface area contributed by atoms with Crippen LogP contribution in [0.3, 0.4) is 0 Å². The Morgan fingerprint density at radius 1 is 1.06 bits per heavy atom. The number of aryl methyl sites for hydroxylation is 1. The first-order valence-corrected chi connectivity index (χ1v) is 8.50. The second kappa shape index (κ2) is 5.23. The van der Waals surface area contributed by atoms with Gasteiger partial charge in [0, 0.05) is 0 Å². The van der Waals surface area contributed by atoms with Gasteiger partial charge in [-0.05, 0) is 0 Å². The van der Waals surface area contributed by atoms with Crippen molar-refractivity contribution in [2.45, 2.75) is 13.3 Å². The second-order valence-corrected chi connectivity index (χ2v) is 7.89. The van der Waals surface area contributed by atoms with E-state index in [2.05, 4.69) is 55.5 Å². The molecule has 18 heavy (non-hydrogen) atoms. The summed E-state index contributed by atoms with van der Waals surface area (Å²) in [5.74, 6) is 0. The Balaban J connectivity index is 1.86. The van der Waals surface area contributed by atoms with Crippen LogP contribution in [-0.2, 0) is 6.42 Å². The van der Waals surface area contributed by atoms with E-state index in [4.69, 9.17) is 4.98 Å². The number of hydrogen-bond donors (Lipinski definition) is 0. The number of aromatic nitrogens is 1. The maximum absolute atomic E-state index is 4.70. The zero-order valence-electron chi connectivity index (χ0n) is 10.1. The molecule has 1 heterocycles. The summed E-state index contributed by atoms with van der Waals surface area (Å²) in [5, 5.41) is 0. The average Bonchev–Trinajstić information content (AvgIpc) is 2.82. The summed E-state index contributed by atoms with van der Waals surface area (Å²) in [6.45, 7) is 2.19. The van der Waals surface area contributed by atoms with Crippen molar-refractivity contribution in [3.8, 4) is 0 Å². The molecule has 0 radical (unpaired) electrons. The van der Waals surface area contributed by atoms with Crippen molar-refractivity contribution in [1.82, 2.24) is 4.98 Å². The van der Waals surface area contributed by atoms with Crippen molar-refractivity contribution in [2.24, 2.45) is 0 Å². The van der Waals surface area contributed by atoms with E-state index < -0.39 is 0 Å². The molecule has 0 amide bonds. The third-order valence-corrected chi connectivity index (χ3v) is 6.22. The van der Waals surface area contributed by atoms with Gasteiger partial charge in [-0.25, -0.2) is 0 Å². The number of benzene rings is 2. The molecule has 3 rings (SSSR count). The van der Waals surface area contributed by atoms with Gasteiger partial charge in [0.05, 0.1) is 0 Å². The van der Waals surface area contributed by atoms with Crippen LogP contribution in [0.25, 0.3) is 10.2 Å². The maximum atomic E-state index is 4.70. The molecule has 1 nitrogen and oxygen atoms in total. The van der Waals surface area contributed by atoms with Gasteiger partial charge in [-0.15, -0.1) is 0 Å². The molecule has 3 heteroatoms. The van der Waals surface area contributed by atoms with E-state index in [1.54, 1.807) is 0 Å². The Hall–Kier alpha value is -1.15. The predicted molar refractivity (Wildman–Crippen MR) is 80.5 cm³/mol. The monoisotopic (exact) mass is 319 g/mol. The summed E-state index contributed by atoms with van der Waals surface area (Å²) in [4.78, 5) is 4.70. The Morgan fingerprint density at radius 3 is 2.56 bits per heavy atom.